The van der Waals surface area contributed by atoms with Crippen molar-refractivity contribution in [3.8, 4) is 0 Å². The summed E-state index contributed by atoms with van der Waals surface area (Å²) < 4.78 is 22.8. The first-order chi connectivity index (χ1) is 9.37. The molecule has 2 rings (SSSR count). The van der Waals surface area contributed by atoms with Crippen LogP contribution in [0.2, 0.25) is 0 Å². The zero-order valence-corrected chi connectivity index (χ0v) is 12.3. The number of hydrogen-bond donors (Lipinski definition) is 1. The Bertz CT molecular complexity index is 479. The van der Waals surface area contributed by atoms with Gasteiger partial charge in [0.25, 0.3) is 0 Å². The van der Waals surface area contributed by atoms with Crippen LogP contribution in [0.4, 0.5) is 0 Å². The molecule has 0 aromatic carbocycles. The third kappa shape index (κ3) is 3.94. The summed E-state index contributed by atoms with van der Waals surface area (Å²) in [5, 5.41) is 8.66. The van der Waals surface area contributed by atoms with Crippen LogP contribution in [0, 0.1) is 11.8 Å². The molecule has 0 spiro atoms. The number of nitrogens with zero attached hydrogens (tertiary/aromatic N) is 1. The van der Waals surface area contributed by atoms with Crippen LogP contribution in [0.3, 0.4) is 0 Å². The van der Waals surface area contributed by atoms with E-state index in [2.05, 4.69) is 0 Å². The van der Waals surface area contributed by atoms with E-state index in [1.807, 2.05) is 0 Å². The minimum absolute atomic E-state index is 0.00915. The molecule has 114 valence electrons. The van der Waals surface area contributed by atoms with E-state index in [1.165, 1.54) is 0 Å². The first kappa shape index (κ1) is 15.3. The minimum Gasteiger partial charge on any atom is -0.481 e. The molecule has 1 N–H and O–H groups in total. The summed E-state index contributed by atoms with van der Waals surface area (Å²) in [5.41, 5.74) is 0. The van der Waals surface area contributed by atoms with E-state index in [-0.39, 0.29) is 29.8 Å². The zero-order valence-electron chi connectivity index (χ0n) is 11.5. The zero-order chi connectivity index (χ0) is 14.8. The Morgan fingerprint density at radius 3 is 2.30 bits per heavy atom. The fourth-order valence-corrected chi connectivity index (χ4v) is 4.75. The van der Waals surface area contributed by atoms with Gasteiger partial charge >= 0.3 is 5.97 Å². The molecule has 2 aliphatic rings. The van der Waals surface area contributed by atoms with E-state index in [1.54, 1.807) is 4.90 Å². The van der Waals surface area contributed by atoms with Gasteiger partial charge in [-0.2, -0.15) is 0 Å². The summed E-state index contributed by atoms with van der Waals surface area (Å²) in [6, 6.07) is 0. The number of carbonyl (C=O) groups excluding carboxylic acids is 1. The standard InChI is InChI=1S/C13H21NO5S/c15-12(16)2-1-10-3-6-14(7-4-10)13(17)11-5-8-20(18,19)9-11/h10-11H,1-9H2,(H,15,16). The highest BCUT2D eigenvalue weighted by Crippen LogP contribution is 2.26. The second-order valence-corrected chi connectivity index (χ2v) is 8.03. The molecule has 2 fully saturated rings. The van der Waals surface area contributed by atoms with E-state index in [4.69, 9.17) is 5.11 Å². The van der Waals surface area contributed by atoms with Gasteiger partial charge in [0.05, 0.1) is 17.4 Å². The Labute approximate surface area is 119 Å². The Hall–Kier alpha value is -1.11. The lowest BCUT2D eigenvalue weighted by Gasteiger charge is -2.33. The number of rotatable bonds is 4. The first-order valence-corrected chi connectivity index (χ1v) is 8.90. The number of aliphatic carboxylic acids is 1. The van der Waals surface area contributed by atoms with Gasteiger partial charge < -0.3 is 10.0 Å². The quantitative estimate of drug-likeness (QED) is 0.817. The fourth-order valence-electron chi connectivity index (χ4n) is 3.02. The average molecular weight is 303 g/mol. The summed E-state index contributed by atoms with van der Waals surface area (Å²) in [4.78, 5) is 24.5. The number of amides is 1. The van der Waals surface area contributed by atoms with E-state index in [9.17, 15) is 18.0 Å². The Morgan fingerprint density at radius 1 is 1.15 bits per heavy atom. The highest BCUT2D eigenvalue weighted by atomic mass is 32.2. The van der Waals surface area contributed by atoms with Gasteiger partial charge in [0.15, 0.2) is 9.84 Å². The van der Waals surface area contributed by atoms with Gasteiger partial charge in [-0.1, -0.05) is 0 Å². The van der Waals surface area contributed by atoms with Gasteiger partial charge in [0.2, 0.25) is 5.91 Å². The lowest BCUT2D eigenvalue weighted by atomic mass is 9.91. The molecule has 0 bridgehead atoms. The fraction of sp³-hybridized carbons (Fsp3) is 0.846. The topological polar surface area (TPSA) is 91.8 Å². The summed E-state index contributed by atoms with van der Waals surface area (Å²) in [6.45, 7) is 1.25. The van der Waals surface area contributed by atoms with E-state index >= 15 is 0 Å². The van der Waals surface area contributed by atoms with E-state index in [0.717, 1.165) is 12.8 Å². The van der Waals surface area contributed by atoms with Crippen LogP contribution in [-0.2, 0) is 19.4 Å². The lowest BCUT2D eigenvalue weighted by molar-refractivity contribution is -0.139. The van der Waals surface area contributed by atoms with Gasteiger partial charge in [0, 0.05) is 19.5 Å². The SMILES string of the molecule is O=C(O)CCC1CCN(C(=O)C2CCS(=O)(=O)C2)CC1. The maximum Gasteiger partial charge on any atom is 0.303 e. The molecule has 0 aliphatic carbocycles. The molecule has 2 aliphatic heterocycles. The highest BCUT2D eigenvalue weighted by Gasteiger charge is 2.36. The third-order valence-corrected chi connectivity index (χ3v) is 6.04. The second-order valence-electron chi connectivity index (χ2n) is 5.80. The Balaban J connectivity index is 1.79. The van der Waals surface area contributed by atoms with Crippen LogP contribution in [0.5, 0.6) is 0 Å². The monoisotopic (exact) mass is 303 g/mol. The predicted octanol–water partition coefficient (Wildman–Crippen LogP) is 0.524. The molecular formula is C13H21NO5S. The van der Waals surface area contributed by atoms with E-state index in [0.29, 0.717) is 31.8 Å². The minimum atomic E-state index is -3.02. The van der Waals surface area contributed by atoms with Crippen LogP contribution >= 0.6 is 0 Å². The van der Waals surface area contributed by atoms with Crippen LogP contribution in [0.25, 0.3) is 0 Å². The molecule has 1 atom stereocenters. The number of carboxylic acids is 1. The summed E-state index contributed by atoms with van der Waals surface area (Å²) in [5.74, 6) is -0.705. The van der Waals surface area contributed by atoms with Crippen molar-refractivity contribution in [2.24, 2.45) is 11.8 Å². The van der Waals surface area contributed by atoms with Gasteiger partial charge in [-0.25, -0.2) is 8.42 Å². The van der Waals surface area contributed by atoms with Crippen molar-refractivity contribution in [3.63, 3.8) is 0 Å². The van der Waals surface area contributed by atoms with Gasteiger partial charge in [-0.15, -0.1) is 0 Å². The van der Waals surface area contributed by atoms with E-state index < -0.39 is 15.8 Å². The van der Waals surface area contributed by atoms with Crippen molar-refractivity contribution in [3.05, 3.63) is 0 Å². The maximum atomic E-state index is 12.2. The molecule has 0 radical (unpaired) electrons. The van der Waals surface area contributed by atoms with Crippen molar-refractivity contribution < 1.29 is 23.1 Å². The van der Waals surface area contributed by atoms with Crippen LogP contribution < -0.4 is 0 Å². The normalized spacial score (nSPS) is 26.6. The molecule has 0 aromatic rings. The molecular weight excluding hydrogens is 282 g/mol. The number of carboxylic acid groups (broad SMARTS) is 1. The molecule has 2 saturated heterocycles. The third-order valence-electron chi connectivity index (χ3n) is 4.27. The smallest absolute Gasteiger partial charge is 0.303 e. The molecule has 6 nitrogen and oxygen atoms in total. The maximum absolute atomic E-state index is 12.2. The second kappa shape index (κ2) is 6.11. The molecule has 7 heteroatoms. The van der Waals surface area contributed by atoms with Crippen molar-refractivity contribution in [1.29, 1.82) is 0 Å². The van der Waals surface area contributed by atoms with Gasteiger partial charge in [-0.05, 0) is 31.6 Å². The van der Waals surface area contributed by atoms with Crippen molar-refractivity contribution in [2.75, 3.05) is 24.6 Å². The van der Waals surface area contributed by atoms with Crippen molar-refractivity contribution in [2.45, 2.75) is 32.1 Å². The summed E-state index contributed by atoms with van der Waals surface area (Å²) >= 11 is 0. The van der Waals surface area contributed by atoms with Crippen LogP contribution in [0.15, 0.2) is 0 Å². The van der Waals surface area contributed by atoms with Gasteiger partial charge in [-0.3, -0.25) is 9.59 Å². The highest BCUT2D eigenvalue weighted by molar-refractivity contribution is 7.91. The lowest BCUT2D eigenvalue weighted by Crippen LogP contribution is -2.42. The van der Waals surface area contributed by atoms with Crippen molar-refractivity contribution >= 4 is 21.7 Å². The van der Waals surface area contributed by atoms with Gasteiger partial charge in [0.1, 0.15) is 0 Å². The number of carbonyl (C=O) groups is 2. The van der Waals surface area contributed by atoms with Crippen LogP contribution in [0.1, 0.15) is 32.1 Å². The Morgan fingerprint density at radius 2 is 1.80 bits per heavy atom. The molecule has 0 aromatic heterocycles. The summed E-state index contributed by atoms with van der Waals surface area (Å²) in [7, 11) is -3.02. The summed E-state index contributed by atoms with van der Waals surface area (Å²) in [6.07, 6.45) is 2.92. The average Bonchev–Trinajstić information content (AvgIpc) is 2.76. The number of hydrogen-bond acceptors (Lipinski definition) is 4. The molecule has 2 heterocycles. The largest absolute Gasteiger partial charge is 0.481 e. The number of likely N-dealkylation sites (tertiary alicyclic amines) is 1. The number of piperidine rings is 1. The van der Waals surface area contributed by atoms with Crippen LogP contribution in [-0.4, -0.2) is 54.9 Å². The Kier molecular flexibility index (Phi) is 4.67. The number of sulfone groups is 1. The first-order valence-electron chi connectivity index (χ1n) is 7.08. The van der Waals surface area contributed by atoms with Crippen molar-refractivity contribution in [1.82, 2.24) is 4.90 Å². The predicted molar refractivity (Wildman–Crippen MR) is 72.9 cm³/mol. The molecule has 1 amide bonds. The molecule has 20 heavy (non-hydrogen) atoms. The molecule has 1 unspecified atom stereocenters. The molecule has 0 saturated carbocycles.